The van der Waals surface area contributed by atoms with E-state index in [0.717, 1.165) is 0 Å². The van der Waals surface area contributed by atoms with E-state index in [4.69, 9.17) is 27.8 Å². The summed E-state index contributed by atoms with van der Waals surface area (Å²) >= 11 is 10.2. The molecule has 0 aromatic rings. The summed E-state index contributed by atoms with van der Waals surface area (Å²) in [5.74, 6) is 0. The van der Waals surface area contributed by atoms with Crippen molar-refractivity contribution < 1.29 is 13.0 Å². The first-order valence-electron chi connectivity index (χ1n) is 2.16. The largest absolute Gasteiger partial charge is 0.299 e. The molecule has 1 N–H and O–H groups in total. The van der Waals surface area contributed by atoms with E-state index in [0.29, 0.717) is 0 Å². The van der Waals surface area contributed by atoms with Gasteiger partial charge in [-0.25, -0.2) is 0 Å². The standard InChI is InChI=1S/C3H6Cl2O3S/c1-2-3(4,5)9(6,7)8/h2H2,1H3,(H,6,7,8). The lowest BCUT2D eigenvalue weighted by Gasteiger charge is -2.11. The van der Waals surface area contributed by atoms with Crippen molar-refractivity contribution in [2.45, 2.75) is 17.0 Å². The highest BCUT2D eigenvalue weighted by Crippen LogP contribution is 2.30. The molecule has 9 heavy (non-hydrogen) atoms. The van der Waals surface area contributed by atoms with Crippen molar-refractivity contribution >= 4 is 33.3 Å². The molecule has 6 heteroatoms. The van der Waals surface area contributed by atoms with Crippen LogP contribution in [0.15, 0.2) is 0 Å². The van der Waals surface area contributed by atoms with E-state index < -0.39 is 13.8 Å². The minimum Gasteiger partial charge on any atom is -0.283 e. The van der Waals surface area contributed by atoms with Crippen molar-refractivity contribution in [2.75, 3.05) is 0 Å². The molecule has 0 aliphatic carbocycles. The molecule has 56 valence electrons. The fraction of sp³-hybridized carbons (Fsp3) is 1.00. The summed E-state index contributed by atoms with van der Waals surface area (Å²) < 4.78 is 26.6. The Labute approximate surface area is 63.7 Å². The summed E-state index contributed by atoms with van der Waals surface area (Å²) in [6.45, 7) is 1.45. The maximum Gasteiger partial charge on any atom is 0.299 e. The van der Waals surface area contributed by atoms with Crippen molar-refractivity contribution in [2.24, 2.45) is 0 Å². The molecule has 0 bridgehead atoms. The second-order valence-corrected chi connectivity index (χ2v) is 5.05. The van der Waals surface area contributed by atoms with Gasteiger partial charge in [-0.15, -0.1) is 0 Å². The van der Waals surface area contributed by atoms with Crippen LogP contribution in [0.4, 0.5) is 0 Å². The van der Waals surface area contributed by atoms with Crippen LogP contribution in [0.5, 0.6) is 0 Å². The second kappa shape index (κ2) is 2.62. The molecular weight excluding hydrogens is 187 g/mol. The van der Waals surface area contributed by atoms with Crippen LogP contribution in [0, 0.1) is 0 Å². The predicted molar refractivity (Wildman–Crippen MR) is 36.3 cm³/mol. The van der Waals surface area contributed by atoms with Gasteiger partial charge in [-0.2, -0.15) is 8.42 Å². The van der Waals surface area contributed by atoms with E-state index in [1.807, 2.05) is 0 Å². The number of alkyl halides is 2. The first-order chi connectivity index (χ1) is 3.81. The third-order valence-electron chi connectivity index (χ3n) is 0.789. The molecule has 0 saturated heterocycles. The summed E-state index contributed by atoms with van der Waals surface area (Å²) in [7, 11) is -4.32. The fourth-order valence-electron chi connectivity index (χ4n) is 0.182. The van der Waals surface area contributed by atoms with E-state index in [2.05, 4.69) is 0 Å². The van der Waals surface area contributed by atoms with Gasteiger partial charge in [-0.05, 0) is 6.42 Å². The van der Waals surface area contributed by atoms with Crippen molar-refractivity contribution in [1.82, 2.24) is 0 Å². The Balaban J connectivity index is 4.56. The molecule has 0 aromatic heterocycles. The molecular formula is C3H6Cl2O3S. The molecule has 0 aliphatic rings. The van der Waals surface area contributed by atoms with Crippen molar-refractivity contribution in [3.8, 4) is 0 Å². The quantitative estimate of drug-likeness (QED) is 0.532. The first-order valence-corrected chi connectivity index (χ1v) is 4.35. The van der Waals surface area contributed by atoms with Crippen molar-refractivity contribution in [1.29, 1.82) is 0 Å². The van der Waals surface area contributed by atoms with E-state index in [9.17, 15) is 8.42 Å². The van der Waals surface area contributed by atoms with Crippen LogP contribution in [0.1, 0.15) is 13.3 Å². The molecule has 3 nitrogen and oxygen atoms in total. The van der Waals surface area contributed by atoms with Crippen LogP contribution in [-0.4, -0.2) is 16.6 Å². The number of hydrogen-bond donors (Lipinski definition) is 1. The molecule has 0 aromatic carbocycles. The van der Waals surface area contributed by atoms with Crippen LogP contribution in [-0.2, 0) is 10.1 Å². The summed E-state index contributed by atoms with van der Waals surface area (Å²) in [5, 5.41) is 0. The van der Waals surface area contributed by atoms with Gasteiger partial charge in [0.15, 0.2) is 0 Å². The Bertz CT molecular complexity index is 183. The average Bonchev–Trinajstić information content (AvgIpc) is 1.64. The molecule has 0 spiro atoms. The molecule has 0 atom stereocenters. The lowest BCUT2D eigenvalue weighted by molar-refractivity contribution is 0.472. The monoisotopic (exact) mass is 192 g/mol. The van der Waals surface area contributed by atoms with Gasteiger partial charge in [0.1, 0.15) is 0 Å². The highest BCUT2D eigenvalue weighted by Gasteiger charge is 2.36. The van der Waals surface area contributed by atoms with Crippen molar-refractivity contribution in [3.63, 3.8) is 0 Å². The topological polar surface area (TPSA) is 54.4 Å². The van der Waals surface area contributed by atoms with E-state index >= 15 is 0 Å². The van der Waals surface area contributed by atoms with E-state index in [1.165, 1.54) is 6.92 Å². The summed E-state index contributed by atoms with van der Waals surface area (Å²) in [6, 6.07) is 0. The molecule has 0 rings (SSSR count). The first kappa shape index (κ1) is 9.49. The van der Waals surface area contributed by atoms with Crippen LogP contribution < -0.4 is 0 Å². The molecule has 0 radical (unpaired) electrons. The highest BCUT2D eigenvalue weighted by atomic mass is 35.5. The minimum atomic E-state index is -4.32. The normalized spacial score (nSPS) is 13.8. The van der Waals surface area contributed by atoms with Gasteiger partial charge < -0.3 is 0 Å². The predicted octanol–water partition coefficient (Wildman–Crippen LogP) is 1.42. The molecule has 0 saturated carbocycles. The SMILES string of the molecule is CCC(Cl)(Cl)S(=O)(=O)O. The number of hydrogen-bond acceptors (Lipinski definition) is 2. The van der Waals surface area contributed by atoms with E-state index in [1.54, 1.807) is 0 Å². The zero-order valence-electron chi connectivity index (χ0n) is 4.63. The second-order valence-electron chi connectivity index (χ2n) is 1.47. The summed E-state index contributed by atoms with van der Waals surface area (Å²) in [4.78, 5) is 0. The molecule has 0 aliphatic heterocycles. The lowest BCUT2D eigenvalue weighted by atomic mass is 10.6. The Kier molecular flexibility index (Phi) is 2.76. The maximum atomic E-state index is 10.2. The van der Waals surface area contributed by atoms with E-state index in [-0.39, 0.29) is 6.42 Å². The summed E-state index contributed by atoms with van der Waals surface area (Å²) in [6.07, 6.45) is -0.0467. The van der Waals surface area contributed by atoms with Gasteiger partial charge in [0.2, 0.25) is 3.67 Å². The minimum absolute atomic E-state index is 0.0467. The zero-order chi connectivity index (χ0) is 7.71. The zero-order valence-corrected chi connectivity index (χ0v) is 6.96. The van der Waals surface area contributed by atoms with Crippen LogP contribution in [0.3, 0.4) is 0 Å². The smallest absolute Gasteiger partial charge is 0.283 e. The van der Waals surface area contributed by atoms with Gasteiger partial charge in [-0.1, -0.05) is 30.1 Å². The Morgan fingerprint density at radius 2 is 1.89 bits per heavy atom. The Morgan fingerprint density at radius 1 is 1.56 bits per heavy atom. The number of rotatable bonds is 2. The third kappa shape index (κ3) is 2.29. The summed E-state index contributed by atoms with van der Waals surface area (Å²) in [5.41, 5.74) is 0. The van der Waals surface area contributed by atoms with Gasteiger partial charge in [0.25, 0.3) is 10.1 Å². The lowest BCUT2D eigenvalue weighted by Crippen LogP contribution is -2.23. The number of halogens is 2. The van der Waals surface area contributed by atoms with Gasteiger partial charge in [-0.3, -0.25) is 4.55 Å². The van der Waals surface area contributed by atoms with Crippen LogP contribution in [0.25, 0.3) is 0 Å². The van der Waals surface area contributed by atoms with Crippen LogP contribution >= 0.6 is 23.2 Å². The van der Waals surface area contributed by atoms with Gasteiger partial charge >= 0.3 is 0 Å². The Hall–Kier alpha value is 0.490. The van der Waals surface area contributed by atoms with Crippen LogP contribution in [0.2, 0.25) is 0 Å². The highest BCUT2D eigenvalue weighted by molar-refractivity contribution is 7.90. The van der Waals surface area contributed by atoms with Crippen molar-refractivity contribution in [3.05, 3.63) is 0 Å². The molecule has 0 amide bonds. The Morgan fingerprint density at radius 3 is 1.89 bits per heavy atom. The van der Waals surface area contributed by atoms with Gasteiger partial charge in [0.05, 0.1) is 0 Å². The maximum absolute atomic E-state index is 10.2. The average molecular weight is 193 g/mol. The molecule has 0 fully saturated rings. The third-order valence-corrected chi connectivity index (χ3v) is 3.54. The van der Waals surface area contributed by atoms with Gasteiger partial charge in [0, 0.05) is 0 Å². The molecule has 0 unspecified atom stereocenters. The fourth-order valence-corrected chi connectivity index (χ4v) is 0.547. The molecule has 0 heterocycles.